The summed E-state index contributed by atoms with van der Waals surface area (Å²) in [6.45, 7) is 5.67. The molecule has 3 heteroatoms. The summed E-state index contributed by atoms with van der Waals surface area (Å²) in [7, 11) is 0. The Labute approximate surface area is 96.1 Å². The number of rotatable bonds is 4. The van der Waals surface area contributed by atoms with Crippen molar-refractivity contribution in [3.8, 4) is 0 Å². The van der Waals surface area contributed by atoms with Crippen LogP contribution in [0.25, 0.3) is 0 Å². The summed E-state index contributed by atoms with van der Waals surface area (Å²) in [5.41, 5.74) is 1.29. The third kappa shape index (κ3) is 2.79. The highest BCUT2D eigenvalue weighted by Crippen LogP contribution is 2.22. The normalized spacial score (nSPS) is 23.2. The van der Waals surface area contributed by atoms with Gasteiger partial charge in [-0.2, -0.15) is 0 Å². The van der Waals surface area contributed by atoms with Crippen molar-refractivity contribution in [1.29, 1.82) is 0 Å². The molecule has 0 aliphatic carbocycles. The summed E-state index contributed by atoms with van der Waals surface area (Å²) in [4.78, 5) is 4.72. The minimum Gasteiger partial charge on any atom is -0.314 e. The number of aromatic nitrogens is 1. The van der Waals surface area contributed by atoms with Crippen LogP contribution in [-0.4, -0.2) is 17.6 Å². The minimum atomic E-state index is 0.617. The minimum absolute atomic E-state index is 0.617. The molecule has 2 heterocycles. The lowest BCUT2D eigenvalue weighted by atomic mass is 10.1. The van der Waals surface area contributed by atoms with Crippen LogP contribution in [0.1, 0.15) is 49.7 Å². The second kappa shape index (κ2) is 5.08. The van der Waals surface area contributed by atoms with Crippen molar-refractivity contribution < 1.29 is 0 Å². The van der Waals surface area contributed by atoms with Gasteiger partial charge in [0.05, 0.1) is 10.7 Å². The molecule has 84 valence electrons. The molecular formula is C12H20N2S. The Morgan fingerprint density at radius 1 is 1.67 bits per heavy atom. The smallest absolute Gasteiger partial charge is 0.0943 e. The zero-order valence-corrected chi connectivity index (χ0v) is 10.4. The van der Waals surface area contributed by atoms with Gasteiger partial charge in [0, 0.05) is 17.8 Å². The quantitative estimate of drug-likeness (QED) is 0.850. The average Bonchev–Trinajstić information content (AvgIpc) is 2.88. The van der Waals surface area contributed by atoms with Crippen LogP contribution in [0.2, 0.25) is 0 Å². The van der Waals surface area contributed by atoms with Crippen LogP contribution in [0.4, 0.5) is 0 Å². The Hall–Kier alpha value is -0.410. The molecule has 0 spiro atoms. The van der Waals surface area contributed by atoms with Gasteiger partial charge in [-0.05, 0) is 31.7 Å². The molecule has 2 atom stereocenters. The third-order valence-electron chi connectivity index (χ3n) is 3.27. The first-order valence-corrected chi connectivity index (χ1v) is 6.85. The van der Waals surface area contributed by atoms with E-state index < -0.39 is 0 Å². The molecule has 1 aromatic heterocycles. The van der Waals surface area contributed by atoms with E-state index in [1.165, 1.54) is 36.5 Å². The molecule has 2 unspecified atom stereocenters. The van der Waals surface area contributed by atoms with E-state index in [0.717, 1.165) is 6.42 Å². The summed E-state index contributed by atoms with van der Waals surface area (Å²) in [5, 5.41) is 7.07. The van der Waals surface area contributed by atoms with Gasteiger partial charge in [-0.25, -0.2) is 4.98 Å². The Morgan fingerprint density at radius 2 is 2.53 bits per heavy atom. The van der Waals surface area contributed by atoms with Gasteiger partial charge in [-0.1, -0.05) is 13.8 Å². The summed E-state index contributed by atoms with van der Waals surface area (Å²) >= 11 is 1.83. The van der Waals surface area contributed by atoms with Crippen LogP contribution in [0.3, 0.4) is 0 Å². The molecular weight excluding hydrogens is 204 g/mol. The predicted molar refractivity (Wildman–Crippen MR) is 65.5 cm³/mol. The first-order chi connectivity index (χ1) is 7.29. The second-order valence-corrected chi connectivity index (χ2v) is 5.42. The molecule has 1 aliphatic rings. The van der Waals surface area contributed by atoms with Gasteiger partial charge in [0.15, 0.2) is 0 Å². The molecule has 1 fully saturated rings. The van der Waals surface area contributed by atoms with Crippen LogP contribution in [0, 0.1) is 0 Å². The van der Waals surface area contributed by atoms with Crippen LogP contribution in [0.15, 0.2) is 5.38 Å². The molecule has 0 amide bonds. The SMILES string of the molecule is CCC(C)c1csc(CC2CCCN2)n1. The lowest BCUT2D eigenvalue weighted by molar-refractivity contribution is 0.598. The third-order valence-corrected chi connectivity index (χ3v) is 4.16. The van der Waals surface area contributed by atoms with Gasteiger partial charge >= 0.3 is 0 Å². The Balaban J connectivity index is 1.94. The maximum absolute atomic E-state index is 4.72. The number of nitrogens with one attached hydrogen (secondary N) is 1. The maximum atomic E-state index is 4.72. The molecule has 1 saturated heterocycles. The Morgan fingerprint density at radius 3 is 3.20 bits per heavy atom. The Bertz CT molecular complexity index is 302. The second-order valence-electron chi connectivity index (χ2n) is 4.47. The number of thiazole rings is 1. The molecule has 1 aromatic rings. The van der Waals surface area contributed by atoms with E-state index in [9.17, 15) is 0 Å². The molecule has 2 nitrogen and oxygen atoms in total. The van der Waals surface area contributed by atoms with Crippen molar-refractivity contribution in [3.05, 3.63) is 16.1 Å². The van der Waals surface area contributed by atoms with Crippen molar-refractivity contribution in [2.45, 2.75) is 51.5 Å². The zero-order chi connectivity index (χ0) is 10.7. The summed E-state index contributed by atoms with van der Waals surface area (Å²) in [5.74, 6) is 0.617. The molecule has 1 N–H and O–H groups in total. The van der Waals surface area contributed by atoms with E-state index in [1.54, 1.807) is 0 Å². The predicted octanol–water partition coefficient (Wildman–Crippen LogP) is 2.95. The van der Waals surface area contributed by atoms with Gasteiger partial charge in [0.1, 0.15) is 0 Å². The first-order valence-electron chi connectivity index (χ1n) is 5.97. The number of nitrogens with zero attached hydrogens (tertiary/aromatic N) is 1. The number of hydrogen-bond donors (Lipinski definition) is 1. The van der Waals surface area contributed by atoms with E-state index >= 15 is 0 Å². The van der Waals surface area contributed by atoms with Crippen LogP contribution < -0.4 is 5.32 Å². The van der Waals surface area contributed by atoms with Gasteiger partial charge in [0.2, 0.25) is 0 Å². The molecule has 0 saturated carbocycles. The largest absolute Gasteiger partial charge is 0.314 e. The topological polar surface area (TPSA) is 24.9 Å². The van der Waals surface area contributed by atoms with Gasteiger partial charge in [-0.15, -0.1) is 11.3 Å². The highest BCUT2D eigenvalue weighted by Gasteiger charge is 2.16. The van der Waals surface area contributed by atoms with Gasteiger partial charge in [-0.3, -0.25) is 0 Å². The summed E-state index contributed by atoms with van der Waals surface area (Å²) < 4.78 is 0. The zero-order valence-electron chi connectivity index (χ0n) is 9.62. The monoisotopic (exact) mass is 224 g/mol. The lowest BCUT2D eigenvalue weighted by Crippen LogP contribution is -2.23. The highest BCUT2D eigenvalue weighted by molar-refractivity contribution is 7.09. The fourth-order valence-electron chi connectivity index (χ4n) is 2.00. The fourth-order valence-corrected chi connectivity index (χ4v) is 2.99. The van der Waals surface area contributed by atoms with Crippen molar-refractivity contribution in [3.63, 3.8) is 0 Å². The fraction of sp³-hybridized carbons (Fsp3) is 0.750. The van der Waals surface area contributed by atoms with Crippen molar-refractivity contribution in [2.75, 3.05) is 6.54 Å². The van der Waals surface area contributed by atoms with Crippen molar-refractivity contribution >= 4 is 11.3 Å². The molecule has 1 aliphatic heterocycles. The number of hydrogen-bond acceptors (Lipinski definition) is 3. The van der Waals surface area contributed by atoms with E-state index in [-0.39, 0.29) is 0 Å². The lowest BCUT2D eigenvalue weighted by Gasteiger charge is -2.07. The van der Waals surface area contributed by atoms with E-state index in [1.807, 2.05) is 11.3 Å². The molecule has 0 bridgehead atoms. The average molecular weight is 224 g/mol. The summed E-state index contributed by atoms with van der Waals surface area (Å²) in [6, 6.07) is 0.681. The maximum Gasteiger partial charge on any atom is 0.0943 e. The van der Waals surface area contributed by atoms with Gasteiger partial charge < -0.3 is 5.32 Å². The van der Waals surface area contributed by atoms with Crippen LogP contribution in [0.5, 0.6) is 0 Å². The molecule has 0 aromatic carbocycles. The summed E-state index contributed by atoms with van der Waals surface area (Å²) in [6.07, 6.45) is 4.96. The molecule has 2 rings (SSSR count). The van der Waals surface area contributed by atoms with Crippen molar-refractivity contribution in [1.82, 2.24) is 10.3 Å². The molecule has 15 heavy (non-hydrogen) atoms. The molecule has 0 radical (unpaired) electrons. The van der Waals surface area contributed by atoms with Crippen molar-refractivity contribution in [2.24, 2.45) is 0 Å². The van der Waals surface area contributed by atoms with E-state index in [2.05, 4.69) is 24.5 Å². The van der Waals surface area contributed by atoms with E-state index in [0.29, 0.717) is 12.0 Å². The highest BCUT2D eigenvalue weighted by atomic mass is 32.1. The van der Waals surface area contributed by atoms with Gasteiger partial charge in [0.25, 0.3) is 0 Å². The first kappa shape index (κ1) is 11.1. The Kier molecular flexibility index (Phi) is 3.76. The van der Waals surface area contributed by atoms with Crippen LogP contribution >= 0.6 is 11.3 Å². The van der Waals surface area contributed by atoms with Crippen LogP contribution in [-0.2, 0) is 6.42 Å². The standard InChI is InChI=1S/C12H20N2S/c1-3-9(2)11-8-15-12(14-11)7-10-5-4-6-13-10/h8-10,13H,3-7H2,1-2H3. The van der Waals surface area contributed by atoms with E-state index in [4.69, 9.17) is 4.98 Å².